The first kappa shape index (κ1) is 27.4. The van der Waals surface area contributed by atoms with Crippen molar-refractivity contribution in [3.63, 3.8) is 0 Å². The molecular formula is C33H35F2N7O2. The average Bonchev–Trinajstić information content (AvgIpc) is 3.56. The highest BCUT2D eigenvalue weighted by molar-refractivity contribution is 6.08. The molecule has 2 aromatic heterocycles. The summed E-state index contributed by atoms with van der Waals surface area (Å²) in [5.41, 5.74) is 7.22. The summed E-state index contributed by atoms with van der Waals surface area (Å²) in [5, 5.41) is 13.1. The van der Waals surface area contributed by atoms with Gasteiger partial charge in [-0.2, -0.15) is 14.9 Å². The number of aromatic nitrogens is 4. The minimum Gasteiger partial charge on any atom is -0.367 e. The Morgan fingerprint density at radius 2 is 1.61 bits per heavy atom. The first-order chi connectivity index (χ1) is 21.2. The molecule has 9 rings (SSSR count). The molecule has 1 saturated heterocycles. The van der Waals surface area contributed by atoms with E-state index < -0.39 is 28.8 Å². The van der Waals surface area contributed by atoms with Crippen LogP contribution in [-0.2, 0) is 5.54 Å². The SMILES string of the molecule is C[C@@H]1CN(c2c(NC(=O)c3ccc(=O)n(-c4c(F)cccc4F)n3)ccc3nn(C45CC6CC(CC(C6)C4)C5)cc23)C[C@@H]1N. The molecule has 228 valence electrons. The van der Waals surface area contributed by atoms with E-state index in [4.69, 9.17) is 10.8 Å². The molecule has 5 fully saturated rings. The Bertz CT molecular complexity index is 1800. The van der Waals surface area contributed by atoms with E-state index in [0.717, 1.165) is 59.1 Å². The molecular weight excluding hydrogens is 564 g/mol. The number of hydrogen-bond donors (Lipinski definition) is 2. The molecule has 0 radical (unpaired) electrons. The molecule has 0 unspecified atom stereocenters. The Hall–Kier alpha value is -4.12. The molecule has 9 nitrogen and oxygen atoms in total. The summed E-state index contributed by atoms with van der Waals surface area (Å²) in [4.78, 5) is 28.3. The zero-order valence-corrected chi connectivity index (χ0v) is 24.5. The number of halogens is 2. The number of nitrogens with zero attached hydrogens (tertiary/aromatic N) is 5. The second kappa shape index (κ2) is 9.95. The number of anilines is 2. The molecule has 2 aromatic carbocycles. The third kappa shape index (κ3) is 4.35. The molecule has 4 aromatic rings. The van der Waals surface area contributed by atoms with Crippen molar-refractivity contribution in [1.82, 2.24) is 19.6 Å². The van der Waals surface area contributed by atoms with Gasteiger partial charge in [0.2, 0.25) is 0 Å². The molecule has 44 heavy (non-hydrogen) atoms. The van der Waals surface area contributed by atoms with Crippen LogP contribution in [0.4, 0.5) is 20.2 Å². The van der Waals surface area contributed by atoms with Gasteiger partial charge >= 0.3 is 0 Å². The molecule has 3 heterocycles. The van der Waals surface area contributed by atoms with Gasteiger partial charge < -0.3 is 16.0 Å². The summed E-state index contributed by atoms with van der Waals surface area (Å²) in [5.74, 6) is 0.0478. The highest BCUT2D eigenvalue weighted by atomic mass is 19.1. The van der Waals surface area contributed by atoms with Gasteiger partial charge in [-0.05, 0) is 92.5 Å². The molecule has 5 aliphatic rings. The van der Waals surface area contributed by atoms with Crippen LogP contribution < -0.4 is 21.5 Å². The number of carbonyl (C=O) groups is 1. The average molecular weight is 600 g/mol. The van der Waals surface area contributed by atoms with Crippen molar-refractivity contribution in [2.45, 2.75) is 57.0 Å². The van der Waals surface area contributed by atoms with Gasteiger partial charge in [-0.3, -0.25) is 14.3 Å². The number of nitrogens with one attached hydrogen (secondary N) is 1. The maximum atomic E-state index is 14.5. The summed E-state index contributed by atoms with van der Waals surface area (Å²) < 4.78 is 31.8. The van der Waals surface area contributed by atoms with E-state index in [1.807, 2.05) is 12.1 Å². The maximum Gasteiger partial charge on any atom is 0.276 e. The number of benzene rings is 2. The van der Waals surface area contributed by atoms with Gasteiger partial charge in [0.25, 0.3) is 11.5 Å². The smallest absolute Gasteiger partial charge is 0.276 e. The second-order valence-electron chi connectivity index (χ2n) is 13.6. The lowest BCUT2D eigenvalue weighted by atomic mass is 9.53. The third-order valence-corrected chi connectivity index (χ3v) is 10.6. The van der Waals surface area contributed by atoms with E-state index in [2.05, 4.69) is 33.1 Å². The molecule has 4 saturated carbocycles. The highest BCUT2D eigenvalue weighted by Crippen LogP contribution is 2.59. The highest BCUT2D eigenvalue weighted by Gasteiger charge is 2.52. The molecule has 2 atom stereocenters. The molecule has 4 aliphatic carbocycles. The van der Waals surface area contributed by atoms with Gasteiger partial charge in [-0.25, -0.2) is 8.78 Å². The molecule has 0 spiro atoms. The van der Waals surface area contributed by atoms with Gasteiger partial charge in [0.1, 0.15) is 11.4 Å². The van der Waals surface area contributed by atoms with Crippen LogP contribution in [0.25, 0.3) is 16.6 Å². The quantitative estimate of drug-likeness (QED) is 0.340. The monoisotopic (exact) mass is 599 g/mol. The summed E-state index contributed by atoms with van der Waals surface area (Å²) in [6.07, 6.45) is 9.70. The number of para-hydroxylation sites is 1. The first-order valence-corrected chi connectivity index (χ1v) is 15.6. The summed E-state index contributed by atoms with van der Waals surface area (Å²) in [7, 11) is 0. The van der Waals surface area contributed by atoms with Crippen molar-refractivity contribution in [3.8, 4) is 5.69 Å². The van der Waals surface area contributed by atoms with Crippen molar-refractivity contribution < 1.29 is 13.6 Å². The molecule has 3 N–H and O–H groups in total. The number of hydrogen-bond acceptors (Lipinski definition) is 6. The van der Waals surface area contributed by atoms with Crippen LogP contribution in [0.2, 0.25) is 0 Å². The Morgan fingerprint density at radius 3 is 2.25 bits per heavy atom. The second-order valence-corrected chi connectivity index (χ2v) is 13.6. The molecule has 1 amide bonds. The Kier molecular flexibility index (Phi) is 6.20. The van der Waals surface area contributed by atoms with Gasteiger partial charge in [0, 0.05) is 36.8 Å². The molecule has 4 bridgehead atoms. The van der Waals surface area contributed by atoms with Crippen LogP contribution in [0.1, 0.15) is 55.9 Å². The van der Waals surface area contributed by atoms with Gasteiger partial charge in [0.15, 0.2) is 11.6 Å². The lowest BCUT2D eigenvalue weighted by Gasteiger charge is -2.56. The van der Waals surface area contributed by atoms with Crippen LogP contribution in [0.5, 0.6) is 0 Å². The van der Waals surface area contributed by atoms with Gasteiger partial charge in [-0.1, -0.05) is 13.0 Å². The van der Waals surface area contributed by atoms with Crippen LogP contribution in [-0.4, -0.2) is 44.6 Å². The maximum absolute atomic E-state index is 14.5. The number of rotatable bonds is 5. The van der Waals surface area contributed by atoms with Crippen molar-refractivity contribution in [1.29, 1.82) is 0 Å². The van der Waals surface area contributed by atoms with E-state index in [1.165, 1.54) is 50.7 Å². The number of amides is 1. The first-order valence-electron chi connectivity index (χ1n) is 15.6. The van der Waals surface area contributed by atoms with Crippen molar-refractivity contribution in [3.05, 3.63) is 76.3 Å². The number of nitrogens with two attached hydrogens (primary N) is 1. The topological polar surface area (TPSA) is 111 Å². The fraction of sp³-hybridized carbons (Fsp3) is 0.455. The minimum atomic E-state index is -0.958. The van der Waals surface area contributed by atoms with Gasteiger partial charge in [-0.15, -0.1) is 0 Å². The predicted octanol–water partition coefficient (Wildman–Crippen LogP) is 4.82. The molecule has 1 aliphatic heterocycles. The lowest BCUT2D eigenvalue weighted by Crippen LogP contribution is -2.52. The minimum absolute atomic E-state index is 0.0205. The Morgan fingerprint density at radius 1 is 0.932 bits per heavy atom. The summed E-state index contributed by atoms with van der Waals surface area (Å²) >= 11 is 0. The van der Waals surface area contributed by atoms with Crippen LogP contribution >= 0.6 is 0 Å². The number of fused-ring (bicyclic) bond motifs is 1. The standard InChI is InChI=1S/C33H35F2N7O2/c1-18-15-40(17-25(18)36)30-22-16-41(33-12-19-9-20(13-33)11-21(10-19)14-33)38-26(22)5-6-27(30)37-32(44)28-7-8-29(43)42(39-28)31-23(34)3-2-4-24(31)35/h2-8,16,18-21,25H,9-15,17,36H2,1H3,(H,37,44)/t18-,19?,20?,21?,25+,33?/m1/s1. The number of carbonyl (C=O) groups excluding carboxylic acids is 1. The van der Waals surface area contributed by atoms with E-state index in [9.17, 15) is 18.4 Å². The molecule has 11 heteroatoms. The normalized spacial score (nSPS) is 29.1. The fourth-order valence-electron chi connectivity index (χ4n) is 8.85. The largest absolute Gasteiger partial charge is 0.367 e. The zero-order chi connectivity index (χ0) is 30.3. The van der Waals surface area contributed by atoms with Crippen LogP contribution in [0.15, 0.2) is 53.5 Å². The van der Waals surface area contributed by atoms with E-state index in [-0.39, 0.29) is 23.2 Å². The fourth-order valence-corrected chi connectivity index (χ4v) is 8.85. The van der Waals surface area contributed by atoms with E-state index in [1.54, 1.807) is 0 Å². The van der Waals surface area contributed by atoms with E-state index in [0.29, 0.717) is 16.9 Å². The van der Waals surface area contributed by atoms with Crippen LogP contribution in [0, 0.1) is 35.3 Å². The van der Waals surface area contributed by atoms with Crippen molar-refractivity contribution >= 4 is 28.2 Å². The summed E-state index contributed by atoms with van der Waals surface area (Å²) in [6.45, 7) is 3.47. The Labute approximate surface area is 253 Å². The lowest BCUT2D eigenvalue weighted by molar-refractivity contribution is -0.0490. The van der Waals surface area contributed by atoms with Gasteiger partial charge in [0.05, 0.1) is 22.4 Å². The summed E-state index contributed by atoms with van der Waals surface area (Å²) in [6, 6.07) is 9.34. The third-order valence-electron chi connectivity index (χ3n) is 10.6. The Balaban J connectivity index is 1.19. The zero-order valence-electron chi connectivity index (χ0n) is 24.5. The van der Waals surface area contributed by atoms with Crippen LogP contribution in [0.3, 0.4) is 0 Å². The van der Waals surface area contributed by atoms with Crippen molar-refractivity contribution in [2.24, 2.45) is 29.4 Å². The van der Waals surface area contributed by atoms with E-state index >= 15 is 0 Å². The predicted molar refractivity (Wildman–Crippen MR) is 163 cm³/mol. The van der Waals surface area contributed by atoms with Crippen molar-refractivity contribution in [2.75, 3.05) is 23.3 Å².